The fourth-order valence-electron chi connectivity index (χ4n) is 3.20. The normalized spacial score (nSPS) is 24.4. The molecule has 0 bridgehead atoms. The molecule has 0 saturated carbocycles. The van der Waals surface area contributed by atoms with Crippen LogP contribution in [0, 0.1) is 0 Å². The number of hydrogen-bond donors (Lipinski definition) is 2. The zero-order valence-electron chi connectivity index (χ0n) is 9.76. The Bertz CT molecular complexity index is 392. The van der Waals surface area contributed by atoms with E-state index >= 15 is 0 Å². The fraction of sp³-hybridized carbons (Fsp3) is 0.571. The molecule has 16 heavy (non-hydrogen) atoms. The van der Waals surface area contributed by atoms with Gasteiger partial charge in [-0.3, -0.25) is 0 Å². The lowest BCUT2D eigenvalue weighted by Gasteiger charge is -2.24. The molecular weight excluding hydrogens is 196 g/mol. The van der Waals surface area contributed by atoms with E-state index in [1.165, 1.54) is 56.2 Å². The van der Waals surface area contributed by atoms with Gasteiger partial charge in [0.1, 0.15) is 0 Å². The van der Waals surface area contributed by atoms with Gasteiger partial charge in [0.15, 0.2) is 0 Å². The third-order valence-electron chi connectivity index (χ3n) is 4.04. The summed E-state index contributed by atoms with van der Waals surface area (Å²) in [5.41, 5.74) is 11.6. The van der Waals surface area contributed by atoms with Crippen molar-refractivity contribution in [2.24, 2.45) is 0 Å². The number of nitrogen functional groups attached to an aromatic ring is 1. The molecule has 2 heteroatoms. The fourth-order valence-corrected chi connectivity index (χ4v) is 3.20. The first kappa shape index (κ1) is 10.2. The molecule has 1 aliphatic carbocycles. The van der Waals surface area contributed by atoms with E-state index < -0.39 is 0 Å². The highest BCUT2D eigenvalue weighted by molar-refractivity contribution is 5.55. The van der Waals surface area contributed by atoms with Gasteiger partial charge in [0.05, 0.1) is 0 Å². The van der Waals surface area contributed by atoms with Crippen LogP contribution < -0.4 is 11.1 Å². The van der Waals surface area contributed by atoms with Crippen molar-refractivity contribution in [2.75, 3.05) is 12.3 Å². The molecule has 0 aromatic heterocycles. The van der Waals surface area contributed by atoms with E-state index in [0.29, 0.717) is 6.04 Å². The maximum absolute atomic E-state index is 6.09. The maximum atomic E-state index is 6.09. The molecule has 2 aliphatic rings. The van der Waals surface area contributed by atoms with E-state index in [-0.39, 0.29) is 0 Å². The van der Waals surface area contributed by atoms with Crippen LogP contribution in [-0.4, -0.2) is 6.54 Å². The van der Waals surface area contributed by atoms with Crippen molar-refractivity contribution >= 4 is 5.69 Å². The Balaban J connectivity index is 2.04. The van der Waals surface area contributed by atoms with E-state index in [1.54, 1.807) is 5.56 Å². The smallest absolute Gasteiger partial charge is 0.0349 e. The average Bonchev–Trinajstić information content (AvgIpc) is 2.83. The Hall–Kier alpha value is -1.02. The zero-order valence-corrected chi connectivity index (χ0v) is 9.76. The number of benzene rings is 1. The lowest BCUT2D eigenvalue weighted by molar-refractivity contribution is 0.616. The van der Waals surface area contributed by atoms with Crippen molar-refractivity contribution in [1.82, 2.24) is 5.32 Å². The number of anilines is 1. The van der Waals surface area contributed by atoms with Crippen molar-refractivity contribution in [3.05, 3.63) is 28.8 Å². The molecule has 0 radical (unpaired) electrons. The number of fused-ring (bicyclic) bond motifs is 1. The number of nitrogens with one attached hydrogen (secondary N) is 1. The summed E-state index contributed by atoms with van der Waals surface area (Å²) in [5, 5.41) is 3.60. The van der Waals surface area contributed by atoms with Gasteiger partial charge in [-0.05, 0) is 67.8 Å². The summed E-state index contributed by atoms with van der Waals surface area (Å²) in [7, 11) is 0. The molecular formula is C14H20N2. The van der Waals surface area contributed by atoms with Crippen LogP contribution >= 0.6 is 0 Å². The van der Waals surface area contributed by atoms with Crippen LogP contribution in [0.4, 0.5) is 5.69 Å². The second kappa shape index (κ2) is 4.10. The van der Waals surface area contributed by atoms with Gasteiger partial charge < -0.3 is 11.1 Å². The van der Waals surface area contributed by atoms with Gasteiger partial charge in [0.2, 0.25) is 0 Å². The predicted octanol–water partition coefficient (Wildman–Crippen LogP) is 2.57. The second-order valence-electron chi connectivity index (χ2n) is 5.06. The summed E-state index contributed by atoms with van der Waals surface area (Å²) >= 11 is 0. The lowest BCUT2D eigenvalue weighted by Crippen LogP contribution is -2.18. The molecule has 1 heterocycles. The topological polar surface area (TPSA) is 38.0 Å². The molecule has 3 rings (SSSR count). The molecule has 0 unspecified atom stereocenters. The highest BCUT2D eigenvalue weighted by Crippen LogP contribution is 2.34. The monoisotopic (exact) mass is 216 g/mol. The highest BCUT2D eigenvalue weighted by atomic mass is 14.9. The van der Waals surface area contributed by atoms with Gasteiger partial charge >= 0.3 is 0 Å². The highest BCUT2D eigenvalue weighted by Gasteiger charge is 2.23. The molecule has 1 aliphatic heterocycles. The Morgan fingerprint density at radius 1 is 1.06 bits per heavy atom. The zero-order chi connectivity index (χ0) is 11.0. The van der Waals surface area contributed by atoms with Crippen molar-refractivity contribution in [1.29, 1.82) is 0 Å². The van der Waals surface area contributed by atoms with Crippen molar-refractivity contribution in [3.63, 3.8) is 0 Å². The molecule has 1 atom stereocenters. The summed E-state index contributed by atoms with van der Waals surface area (Å²) in [5.74, 6) is 0. The lowest BCUT2D eigenvalue weighted by atomic mass is 9.84. The Labute approximate surface area is 97.2 Å². The van der Waals surface area contributed by atoms with Crippen molar-refractivity contribution < 1.29 is 0 Å². The molecule has 3 N–H and O–H groups in total. The minimum absolute atomic E-state index is 0.590. The molecule has 1 aromatic rings. The van der Waals surface area contributed by atoms with Gasteiger partial charge in [0.25, 0.3) is 0 Å². The Kier molecular flexibility index (Phi) is 2.60. The summed E-state index contributed by atoms with van der Waals surface area (Å²) in [6.07, 6.45) is 7.64. The molecule has 86 valence electrons. The van der Waals surface area contributed by atoms with Gasteiger partial charge in [-0.1, -0.05) is 6.07 Å². The molecule has 1 fully saturated rings. The molecule has 1 saturated heterocycles. The maximum Gasteiger partial charge on any atom is 0.0349 e. The predicted molar refractivity (Wildman–Crippen MR) is 67.5 cm³/mol. The summed E-state index contributed by atoms with van der Waals surface area (Å²) in [6, 6.07) is 4.95. The van der Waals surface area contributed by atoms with E-state index in [2.05, 4.69) is 17.4 Å². The van der Waals surface area contributed by atoms with Gasteiger partial charge in [-0.2, -0.15) is 0 Å². The summed E-state index contributed by atoms with van der Waals surface area (Å²) in [4.78, 5) is 0. The Morgan fingerprint density at radius 3 is 2.62 bits per heavy atom. The van der Waals surface area contributed by atoms with Crippen LogP contribution in [0.25, 0.3) is 0 Å². The van der Waals surface area contributed by atoms with Gasteiger partial charge in [0, 0.05) is 11.7 Å². The van der Waals surface area contributed by atoms with Crippen LogP contribution in [-0.2, 0) is 12.8 Å². The second-order valence-corrected chi connectivity index (χ2v) is 5.06. The largest absolute Gasteiger partial charge is 0.398 e. The number of nitrogens with two attached hydrogens (primary N) is 1. The summed E-state index contributed by atoms with van der Waals surface area (Å²) < 4.78 is 0. The van der Waals surface area contributed by atoms with Crippen LogP contribution in [0.1, 0.15) is 48.4 Å². The van der Waals surface area contributed by atoms with E-state index in [4.69, 9.17) is 5.73 Å². The molecule has 0 amide bonds. The first-order chi connectivity index (χ1) is 7.86. The molecule has 0 spiro atoms. The quantitative estimate of drug-likeness (QED) is 0.708. The van der Waals surface area contributed by atoms with E-state index in [9.17, 15) is 0 Å². The van der Waals surface area contributed by atoms with E-state index in [0.717, 1.165) is 5.69 Å². The van der Waals surface area contributed by atoms with Crippen LogP contribution in [0.5, 0.6) is 0 Å². The SMILES string of the molecule is Nc1ccc([C@H]2CCCN2)c2c1CCCC2. The minimum atomic E-state index is 0.590. The standard InChI is InChI=1S/C14H20N2/c15-13-8-7-12(14-6-3-9-16-14)10-4-1-2-5-11(10)13/h7-8,14,16H,1-6,9,15H2/t14-/m1/s1. The van der Waals surface area contributed by atoms with Gasteiger partial charge in [-0.15, -0.1) is 0 Å². The van der Waals surface area contributed by atoms with Crippen LogP contribution in [0.3, 0.4) is 0 Å². The first-order valence-electron chi connectivity index (χ1n) is 6.50. The number of hydrogen-bond acceptors (Lipinski definition) is 2. The molecule has 2 nitrogen and oxygen atoms in total. The van der Waals surface area contributed by atoms with Gasteiger partial charge in [-0.25, -0.2) is 0 Å². The molecule has 1 aromatic carbocycles. The van der Waals surface area contributed by atoms with Crippen molar-refractivity contribution in [2.45, 2.75) is 44.6 Å². The Morgan fingerprint density at radius 2 is 1.88 bits per heavy atom. The van der Waals surface area contributed by atoms with Crippen molar-refractivity contribution in [3.8, 4) is 0 Å². The minimum Gasteiger partial charge on any atom is -0.398 e. The van der Waals surface area contributed by atoms with Crippen LogP contribution in [0.2, 0.25) is 0 Å². The third kappa shape index (κ3) is 1.61. The number of rotatable bonds is 1. The van der Waals surface area contributed by atoms with E-state index in [1.807, 2.05) is 0 Å². The third-order valence-corrected chi connectivity index (χ3v) is 4.04. The average molecular weight is 216 g/mol. The summed E-state index contributed by atoms with van der Waals surface area (Å²) in [6.45, 7) is 1.17. The van der Waals surface area contributed by atoms with Crippen LogP contribution in [0.15, 0.2) is 12.1 Å². The first-order valence-corrected chi connectivity index (χ1v) is 6.50.